The average Bonchev–Trinajstić information content (AvgIpc) is 3.34. The zero-order valence-electron chi connectivity index (χ0n) is 22.0. The number of rotatable bonds is 8. The van der Waals surface area contributed by atoms with Crippen molar-refractivity contribution in [1.29, 1.82) is 5.26 Å². The lowest BCUT2D eigenvalue weighted by molar-refractivity contribution is -0.384. The van der Waals surface area contributed by atoms with E-state index in [1.807, 2.05) is 86.6 Å². The van der Waals surface area contributed by atoms with E-state index in [4.69, 9.17) is 9.15 Å². The molecule has 0 radical (unpaired) electrons. The second-order valence-electron chi connectivity index (χ2n) is 9.34. The van der Waals surface area contributed by atoms with E-state index in [-0.39, 0.29) is 18.2 Å². The number of furan rings is 1. The van der Waals surface area contributed by atoms with Crippen LogP contribution in [-0.2, 0) is 6.61 Å². The van der Waals surface area contributed by atoms with Crippen LogP contribution < -0.4 is 4.74 Å². The van der Waals surface area contributed by atoms with Gasteiger partial charge in [-0.15, -0.1) is 0 Å². The quantitative estimate of drug-likeness (QED) is 0.115. The Balaban J connectivity index is 1.49. The number of nitro benzene ring substituents is 1. The van der Waals surface area contributed by atoms with Crippen LogP contribution in [0.15, 0.2) is 106 Å². The molecule has 40 heavy (non-hydrogen) atoms. The highest BCUT2D eigenvalue weighted by molar-refractivity contribution is 5.90. The molecule has 0 aliphatic carbocycles. The average molecular weight is 528 g/mol. The van der Waals surface area contributed by atoms with Gasteiger partial charge in [0, 0.05) is 35.0 Å². The van der Waals surface area contributed by atoms with Gasteiger partial charge in [0.25, 0.3) is 5.69 Å². The largest absolute Gasteiger partial charge is 0.488 e. The summed E-state index contributed by atoms with van der Waals surface area (Å²) in [6.07, 6.45) is 1.61. The Hall–Kier alpha value is -5.48. The van der Waals surface area contributed by atoms with Crippen molar-refractivity contribution >= 4 is 17.8 Å². The van der Waals surface area contributed by atoms with Gasteiger partial charge in [0.1, 0.15) is 29.7 Å². The Kier molecular flexibility index (Phi) is 7.52. The van der Waals surface area contributed by atoms with Crippen molar-refractivity contribution in [2.45, 2.75) is 20.5 Å². The molecule has 0 N–H and O–H groups in total. The van der Waals surface area contributed by atoms with Crippen LogP contribution in [-0.4, -0.2) is 11.1 Å². The summed E-state index contributed by atoms with van der Waals surface area (Å²) in [4.78, 5) is 15.1. The molecular weight excluding hydrogens is 502 g/mol. The molecule has 0 bridgehead atoms. The van der Waals surface area contributed by atoms with Gasteiger partial charge >= 0.3 is 0 Å². The highest BCUT2D eigenvalue weighted by Gasteiger charge is 2.23. The van der Waals surface area contributed by atoms with Crippen LogP contribution in [0.2, 0.25) is 0 Å². The van der Waals surface area contributed by atoms with Gasteiger partial charge in [0.2, 0.25) is 5.88 Å². The molecule has 0 spiro atoms. The fourth-order valence-corrected chi connectivity index (χ4v) is 4.24. The highest BCUT2D eigenvalue weighted by atomic mass is 16.6. The normalized spacial score (nSPS) is 10.9. The molecule has 0 fully saturated rings. The van der Waals surface area contributed by atoms with Crippen LogP contribution in [0.5, 0.6) is 5.75 Å². The number of aryl methyl sites for hydroxylation is 2. The third-order valence-corrected chi connectivity index (χ3v) is 6.44. The Labute approximate surface area is 231 Å². The number of nitriles is 1. The maximum Gasteiger partial charge on any atom is 0.269 e. The SMILES string of the molecule is Cc1ccc(-c2oc(N=Cc3ccccc3OCc3ccc([N+](=O)[O-])cc3)c(C#N)c2-c2ccc(C)cc2)cc1. The van der Waals surface area contributed by atoms with Crippen molar-refractivity contribution in [3.8, 4) is 34.3 Å². The van der Waals surface area contributed by atoms with Crippen LogP contribution >= 0.6 is 0 Å². The van der Waals surface area contributed by atoms with Gasteiger partial charge in [-0.1, -0.05) is 71.8 Å². The van der Waals surface area contributed by atoms with Crippen molar-refractivity contribution < 1.29 is 14.1 Å². The van der Waals surface area contributed by atoms with Crippen LogP contribution in [0.3, 0.4) is 0 Å². The third-order valence-electron chi connectivity index (χ3n) is 6.44. The standard InChI is InChI=1S/C33H25N3O4/c1-22-7-13-25(14-8-22)31-29(19-34)33(40-32(31)26-15-9-23(2)10-16-26)35-20-27-5-3-4-6-30(27)39-21-24-11-17-28(18-12-24)36(37)38/h3-18,20H,21H2,1-2H3. The van der Waals surface area contributed by atoms with Crippen LogP contribution in [0, 0.1) is 35.3 Å². The highest BCUT2D eigenvalue weighted by Crippen LogP contribution is 2.42. The first-order chi connectivity index (χ1) is 19.4. The van der Waals surface area contributed by atoms with Gasteiger partial charge in [-0.2, -0.15) is 5.26 Å². The van der Waals surface area contributed by atoms with E-state index in [0.717, 1.165) is 27.8 Å². The minimum atomic E-state index is -0.435. The molecule has 5 rings (SSSR count). The van der Waals surface area contributed by atoms with Crippen LogP contribution in [0.1, 0.15) is 27.8 Å². The maximum atomic E-state index is 10.9. The van der Waals surface area contributed by atoms with Gasteiger partial charge < -0.3 is 9.15 Å². The Morgan fingerprint density at radius 1 is 0.900 bits per heavy atom. The number of para-hydroxylation sites is 1. The van der Waals surface area contributed by atoms with Gasteiger partial charge in [0.15, 0.2) is 0 Å². The molecule has 0 unspecified atom stereocenters. The summed E-state index contributed by atoms with van der Waals surface area (Å²) in [7, 11) is 0. The zero-order valence-corrected chi connectivity index (χ0v) is 22.0. The third kappa shape index (κ3) is 5.66. The van der Waals surface area contributed by atoms with Crippen molar-refractivity contribution in [2.75, 3.05) is 0 Å². The molecule has 0 aliphatic heterocycles. The zero-order chi connectivity index (χ0) is 28.1. The smallest absolute Gasteiger partial charge is 0.269 e. The summed E-state index contributed by atoms with van der Waals surface area (Å²) >= 11 is 0. The number of hydrogen-bond donors (Lipinski definition) is 0. The van der Waals surface area contributed by atoms with Crippen LogP contribution in [0.25, 0.3) is 22.5 Å². The van der Waals surface area contributed by atoms with Crippen molar-refractivity contribution in [2.24, 2.45) is 4.99 Å². The predicted molar refractivity (Wildman–Crippen MR) is 155 cm³/mol. The number of benzene rings is 4. The Morgan fingerprint density at radius 3 is 2.15 bits per heavy atom. The number of nitro groups is 1. The summed E-state index contributed by atoms with van der Waals surface area (Å²) in [5.74, 6) is 1.36. The fourth-order valence-electron chi connectivity index (χ4n) is 4.24. The van der Waals surface area contributed by atoms with Gasteiger partial charge in [0.05, 0.1) is 4.92 Å². The van der Waals surface area contributed by atoms with Crippen molar-refractivity contribution in [3.63, 3.8) is 0 Å². The summed E-state index contributed by atoms with van der Waals surface area (Å²) in [6.45, 7) is 4.26. The van der Waals surface area contributed by atoms with E-state index in [9.17, 15) is 15.4 Å². The van der Waals surface area contributed by atoms with E-state index in [1.54, 1.807) is 18.3 Å². The molecule has 0 saturated carbocycles. The number of aliphatic imine (C=N–C) groups is 1. The van der Waals surface area contributed by atoms with E-state index in [1.165, 1.54) is 12.1 Å². The lowest BCUT2D eigenvalue weighted by atomic mass is 9.97. The Bertz CT molecular complexity index is 1730. The van der Waals surface area contributed by atoms with E-state index in [2.05, 4.69) is 11.1 Å². The number of nitrogens with zero attached hydrogens (tertiary/aromatic N) is 3. The Morgan fingerprint density at radius 2 is 1.52 bits per heavy atom. The van der Waals surface area contributed by atoms with Crippen molar-refractivity contribution in [1.82, 2.24) is 0 Å². The van der Waals surface area contributed by atoms with Gasteiger partial charge in [-0.05, 0) is 49.2 Å². The molecule has 0 saturated heterocycles. The second kappa shape index (κ2) is 11.5. The topological polar surface area (TPSA) is 102 Å². The minimum Gasteiger partial charge on any atom is -0.488 e. The fraction of sp³-hybridized carbons (Fsp3) is 0.0909. The minimum absolute atomic E-state index is 0.0260. The first-order valence-electron chi connectivity index (χ1n) is 12.6. The monoisotopic (exact) mass is 527 g/mol. The molecule has 7 nitrogen and oxygen atoms in total. The molecule has 7 heteroatoms. The number of non-ortho nitro benzene ring substituents is 1. The second-order valence-corrected chi connectivity index (χ2v) is 9.34. The summed E-state index contributed by atoms with van der Waals surface area (Å²) in [5.41, 5.74) is 6.52. The molecule has 0 atom stereocenters. The first kappa shape index (κ1) is 26.1. The van der Waals surface area contributed by atoms with E-state index in [0.29, 0.717) is 28.2 Å². The molecule has 4 aromatic carbocycles. The van der Waals surface area contributed by atoms with E-state index < -0.39 is 4.92 Å². The van der Waals surface area contributed by atoms with Crippen molar-refractivity contribution in [3.05, 3.63) is 135 Å². The lowest BCUT2D eigenvalue weighted by Gasteiger charge is -2.08. The molecular formula is C33H25N3O4. The van der Waals surface area contributed by atoms with E-state index >= 15 is 0 Å². The summed E-state index contributed by atoms with van der Waals surface area (Å²) in [5, 5.41) is 21.1. The van der Waals surface area contributed by atoms with Gasteiger partial charge in [-0.25, -0.2) is 4.99 Å². The van der Waals surface area contributed by atoms with Crippen LogP contribution in [0.4, 0.5) is 11.6 Å². The molecule has 5 aromatic rings. The number of hydrogen-bond acceptors (Lipinski definition) is 6. The predicted octanol–water partition coefficient (Wildman–Crippen LogP) is 8.34. The first-order valence-corrected chi connectivity index (χ1v) is 12.6. The number of ether oxygens (including phenoxy) is 1. The lowest BCUT2D eigenvalue weighted by Crippen LogP contribution is -1.98. The molecule has 196 valence electrons. The molecule has 1 heterocycles. The molecule has 0 aliphatic rings. The maximum absolute atomic E-state index is 10.9. The van der Waals surface area contributed by atoms with Gasteiger partial charge in [-0.3, -0.25) is 10.1 Å². The summed E-state index contributed by atoms with van der Waals surface area (Å²) < 4.78 is 12.3. The molecule has 0 amide bonds. The summed E-state index contributed by atoms with van der Waals surface area (Å²) in [6, 6.07) is 31.8. The molecule has 1 aromatic heterocycles.